The molecule has 1 aromatic heterocycles. The Labute approximate surface area is 154 Å². The van der Waals surface area contributed by atoms with Gasteiger partial charge in [0.15, 0.2) is 0 Å². The number of imidazole rings is 1. The Kier molecular flexibility index (Phi) is 4.85. The van der Waals surface area contributed by atoms with Gasteiger partial charge in [-0.15, -0.1) is 0 Å². The number of rotatable bonds is 3. The lowest BCUT2D eigenvalue weighted by molar-refractivity contribution is 1.02. The van der Waals surface area contributed by atoms with E-state index in [1.165, 1.54) is 5.56 Å². The summed E-state index contributed by atoms with van der Waals surface area (Å²) in [6.07, 6.45) is 0.803. The second kappa shape index (κ2) is 6.69. The average molecular weight is 485 g/mol. The lowest BCUT2D eigenvalue weighted by Gasteiger charge is -2.05. The SMILES string of the molecule is Cc1[nH]c(Cc2ccccc2)nc1-c1cc(Br)c(Br)cc1Br. The monoisotopic (exact) mass is 482 g/mol. The molecule has 0 aliphatic carbocycles. The normalized spacial score (nSPS) is 10.9. The van der Waals surface area contributed by atoms with Gasteiger partial charge < -0.3 is 4.98 Å². The van der Waals surface area contributed by atoms with Crippen LogP contribution in [0, 0.1) is 6.92 Å². The van der Waals surface area contributed by atoms with Gasteiger partial charge in [-0.3, -0.25) is 0 Å². The van der Waals surface area contributed by atoms with Crippen LogP contribution in [0.2, 0.25) is 0 Å². The van der Waals surface area contributed by atoms with E-state index in [4.69, 9.17) is 4.98 Å². The molecule has 0 unspecified atom stereocenters. The van der Waals surface area contributed by atoms with Gasteiger partial charge in [-0.25, -0.2) is 4.98 Å². The minimum Gasteiger partial charge on any atom is -0.345 e. The zero-order valence-corrected chi connectivity index (χ0v) is 16.6. The molecule has 2 aromatic carbocycles. The highest BCUT2D eigenvalue weighted by Crippen LogP contribution is 2.36. The van der Waals surface area contributed by atoms with Crippen molar-refractivity contribution >= 4 is 47.8 Å². The molecule has 0 aliphatic rings. The van der Waals surface area contributed by atoms with Crippen molar-refractivity contribution in [3.63, 3.8) is 0 Å². The molecule has 1 N–H and O–H groups in total. The van der Waals surface area contributed by atoms with Gasteiger partial charge in [-0.05, 0) is 56.5 Å². The van der Waals surface area contributed by atoms with Crippen molar-refractivity contribution in [3.05, 3.63) is 73.0 Å². The first-order valence-corrected chi connectivity index (χ1v) is 9.17. The highest BCUT2D eigenvalue weighted by atomic mass is 79.9. The van der Waals surface area contributed by atoms with E-state index in [0.717, 1.165) is 42.6 Å². The summed E-state index contributed by atoms with van der Waals surface area (Å²) in [6, 6.07) is 14.5. The number of hydrogen-bond acceptors (Lipinski definition) is 1. The van der Waals surface area contributed by atoms with E-state index in [0.29, 0.717) is 0 Å². The predicted octanol–water partition coefficient (Wildman–Crippen LogP) is 6.26. The quantitative estimate of drug-likeness (QED) is 0.436. The second-order valence-electron chi connectivity index (χ2n) is 5.07. The van der Waals surface area contributed by atoms with Crippen LogP contribution in [0.25, 0.3) is 11.3 Å². The molecular formula is C17H13Br3N2. The van der Waals surface area contributed by atoms with Gasteiger partial charge in [-0.1, -0.05) is 46.3 Å². The van der Waals surface area contributed by atoms with Crippen molar-refractivity contribution in [2.24, 2.45) is 0 Å². The van der Waals surface area contributed by atoms with Crippen LogP contribution in [-0.4, -0.2) is 9.97 Å². The third-order valence-corrected chi connectivity index (χ3v) is 5.91. The van der Waals surface area contributed by atoms with Crippen LogP contribution >= 0.6 is 47.8 Å². The van der Waals surface area contributed by atoms with Gasteiger partial charge in [0, 0.05) is 31.1 Å². The predicted molar refractivity (Wildman–Crippen MR) is 101 cm³/mol. The minimum atomic E-state index is 0.803. The van der Waals surface area contributed by atoms with Gasteiger partial charge in [-0.2, -0.15) is 0 Å². The first kappa shape index (κ1) is 16.0. The summed E-state index contributed by atoms with van der Waals surface area (Å²) >= 11 is 10.7. The number of aromatic amines is 1. The number of aryl methyl sites for hydroxylation is 1. The van der Waals surface area contributed by atoms with E-state index >= 15 is 0 Å². The van der Waals surface area contributed by atoms with Gasteiger partial charge in [0.1, 0.15) is 5.82 Å². The Morgan fingerprint density at radius 1 is 0.955 bits per heavy atom. The standard InChI is InChI=1S/C17H13Br3N2/c1-10-17(12-8-14(19)15(20)9-13(12)18)22-16(21-10)7-11-5-3-2-4-6-11/h2-6,8-9H,7H2,1H3,(H,21,22). The van der Waals surface area contributed by atoms with Gasteiger partial charge in [0.2, 0.25) is 0 Å². The molecule has 0 saturated heterocycles. The minimum absolute atomic E-state index is 0.803. The van der Waals surface area contributed by atoms with Crippen molar-refractivity contribution < 1.29 is 0 Å². The fourth-order valence-corrected chi connectivity index (χ4v) is 3.89. The van der Waals surface area contributed by atoms with Crippen LogP contribution in [0.1, 0.15) is 17.1 Å². The Morgan fingerprint density at radius 2 is 1.64 bits per heavy atom. The molecule has 0 radical (unpaired) electrons. The molecular weight excluding hydrogens is 472 g/mol. The third kappa shape index (κ3) is 3.36. The number of nitrogens with zero attached hydrogens (tertiary/aromatic N) is 1. The maximum Gasteiger partial charge on any atom is 0.111 e. The van der Waals surface area contributed by atoms with Crippen molar-refractivity contribution in [1.82, 2.24) is 9.97 Å². The van der Waals surface area contributed by atoms with E-state index in [1.807, 2.05) is 12.1 Å². The van der Waals surface area contributed by atoms with Crippen molar-refractivity contribution in [2.75, 3.05) is 0 Å². The topological polar surface area (TPSA) is 28.7 Å². The van der Waals surface area contributed by atoms with Crippen LogP contribution in [0.5, 0.6) is 0 Å². The molecule has 0 saturated carbocycles. The van der Waals surface area contributed by atoms with Crippen LogP contribution in [-0.2, 0) is 6.42 Å². The first-order chi connectivity index (χ1) is 10.5. The molecule has 0 amide bonds. The summed E-state index contributed by atoms with van der Waals surface area (Å²) in [5, 5.41) is 0. The molecule has 0 bridgehead atoms. The number of hydrogen-bond donors (Lipinski definition) is 1. The summed E-state index contributed by atoms with van der Waals surface area (Å²) in [4.78, 5) is 8.18. The zero-order chi connectivity index (χ0) is 15.7. The fraction of sp³-hybridized carbons (Fsp3) is 0.118. The van der Waals surface area contributed by atoms with Gasteiger partial charge in [0.05, 0.1) is 5.69 Å². The molecule has 0 aliphatic heterocycles. The number of H-pyrrole nitrogens is 1. The highest BCUT2D eigenvalue weighted by molar-refractivity contribution is 9.13. The van der Waals surface area contributed by atoms with E-state index in [2.05, 4.69) is 90.0 Å². The number of benzene rings is 2. The highest BCUT2D eigenvalue weighted by Gasteiger charge is 2.14. The molecule has 0 fully saturated rings. The molecule has 0 atom stereocenters. The lowest BCUT2D eigenvalue weighted by Crippen LogP contribution is -1.90. The van der Waals surface area contributed by atoms with Crippen molar-refractivity contribution in [3.8, 4) is 11.3 Å². The van der Waals surface area contributed by atoms with Crippen LogP contribution in [0.15, 0.2) is 55.9 Å². The Balaban J connectivity index is 1.98. The summed E-state index contributed by atoms with van der Waals surface area (Å²) < 4.78 is 3.04. The second-order valence-corrected chi connectivity index (χ2v) is 7.63. The third-order valence-electron chi connectivity index (χ3n) is 3.41. The largest absolute Gasteiger partial charge is 0.345 e. The Hall–Kier alpha value is -0.910. The molecule has 0 spiro atoms. The summed E-state index contributed by atoms with van der Waals surface area (Å²) in [6.45, 7) is 2.05. The van der Waals surface area contributed by atoms with Crippen molar-refractivity contribution in [1.29, 1.82) is 0 Å². The van der Waals surface area contributed by atoms with Crippen LogP contribution in [0.4, 0.5) is 0 Å². The smallest absolute Gasteiger partial charge is 0.111 e. The van der Waals surface area contributed by atoms with E-state index in [9.17, 15) is 0 Å². The zero-order valence-electron chi connectivity index (χ0n) is 11.8. The summed E-state index contributed by atoms with van der Waals surface area (Å²) in [5.41, 5.74) is 4.37. The average Bonchev–Trinajstić information content (AvgIpc) is 2.84. The van der Waals surface area contributed by atoms with E-state index in [1.54, 1.807) is 0 Å². The Bertz CT molecular complexity index is 810. The van der Waals surface area contributed by atoms with Crippen molar-refractivity contribution in [2.45, 2.75) is 13.3 Å². The van der Waals surface area contributed by atoms with E-state index < -0.39 is 0 Å². The fourth-order valence-electron chi connectivity index (χ4n) is 2.36. The molecule has 3 rings (SSSR count). The first-order valence-electron chi connectivity index (χ1n) is 6.79. The van der Waals surface area contributed by atoms with Crippen LogP contribution in [0.3, 0.4) is 0 Å². The van der Waals surface area contributed by atoms with Gasteiger partial charge in [0.25, 0.3) is 0 Å². The lowest BCUT2D eigenvalue weighted by atomic mass is 10.1. The maximum atomic E-state index is 4.79. The maximum absolute atomic E-state index is 4.79. The number of aromatic nitrogens is 2. The van der Waals surface area contributed by atoms with Gasteiger partial charge >= 0.3 is 0 Å². The number of halogens is 3. The molecule has 22 heavy (non-hydrogen) atoms. The van der Waals surface area contributed by atoms with E-state index in [-0.39, 0.29) is 0 Å². The molecule has 112 valence electrons. The molecule has 1 heterocycles. The molecule has 5 heteroatoms. The molecule has 2 nitrogen and oxygen atoms in total. The van der Waals surface area contributed by atoms with Crippen LogP contribution < -0.4 is 0 Å². The Morgan fingerprint density at radius 3 is 2.36 bits per heavy atom. The summed E-state index contributed by atoms with van der Waals surface area (Å²) in [5.74, 6) is 0.977. The molecule has 3 aromatic rings. The number of nitrogens with one attached hydrogen (secondary N) is 1. The summed E-state index contributed by atoms with van der Waals surface area (Å²) in [7, 11) is 0.